The molecule has 1 aliphatic carbocycles. The number of aryl methyl sites for hydroxylation is 1. The number of nitrogens with zero attached hydrogens (tertiary/aromatic N) is 4. The molecule has 3 atom stereocenters. The van der Waals surface area contributed by atoms with Crippen LogP contribution >= 0.6 is 11.6 Å². The first-order valence-electron chi connectivity index (χ1n) is 25.3. The molecule has 4 aliphatic heterocycles. The van der Waals surface area contributed by atoms with E-state index in [1.165, 1.54) is 28.9 Å². The summed E-state index contributed by atoms with van der Waals surface area (Å²) in [5.74, 6) is -6.70. The zero-order valence-electron chi connectivity index (χ0n) is 41.0. The minimum absolute atomic E-state index is 0.0462. The molecule has 1 unspecified atom stereocenters. The molecule has 3 saturated heterocycles. The van der Waals surface area contributed by atoms with E-state index in [1.54, 1.807) is 7.05 Å². The summed E-state index contributed by atoms with van der Waals surface area (Å²) in [4.78, 5) is 55.6. The molecule has 74 heavy (non-hydrogen) atoms. The normalized spacial score (nSPS) is 24.0. The molecule has 20 heteroatoms. The molecule has 4 aromatic carbocycles. The number of imide groups is 1. The fraction of sp³-hybridized carbons (Fsp3) is 0.463. The van der Waals surface area contributed by atoms with Gasteiger partial charge in [0.1, 0.15) is 11.3 Å². The van der Waals surface area contributed by atoms with Gasteiger partial charge in [0.25, 0.3) is 0 Å². The number of benzene rings is 4. The van der Waals surface area contributed by atoms with Crippen LogP contribution in [0, 0.1) is 29.2 Å². The molecule has 14 nitrogen and oxygen atoms in total. The Kier molecular flexibility index (Phi) is 15.0. The fourth-order valence-corrected chi connectivity index (χ4v) is 15.6. The first-order valence-corrected chi connectivity index (χ1v) is 27.9. The van der Waals surface area contributed by atoms with Crippen LogP contribution in [-0.4, -0.2) is 99.8 Å². The number of likely N-dealkylation sites (tertiary alicyclic amines) is 2. The summed E-state index contributed by atoms with van der Waals surface area (Å²) in [6, 6.07) is 14.9. The summed E-state index contributed by atoms with van der Waals surface area (Å²) < 4.78 is 81.0. The van der Waals surface area contributed by atoms with Crippen LogP contribution in [0.3, 0.4) is 0 Å². The number of nitrogens with one attached hydrogen (secondary N) is 2. The predicted octanol–water partition coefficient (Wildman–Crippen LogP) is 4.81. The molecule has 394 valence electrons. The molecular formula is C54H58ClF4IN7O7-. The number of halogens is 6. The second-order valence-electron chi connectivity index (χ2n) is 20.1. The van der Waals surface area contributed by atoms with Crippen molar-refractivity contribution < 1.29 is 72.8 Å². The van der Waals surface area contributed by atoms with Crippen LogP contribution in [0.25, 0.3) is 22.0 Å². The van der Waals surface area contributed by atoms with E-state index in [1.807, 2.05) is 42.2 Å². The Labute approximate surface area is 441 Å². The third-order valence-corrected chi connectivity index (χ3v) is 20.1. The van der Waals surface area contributed by atoms with Crippen LogP contribution in [0.5, 0.6) is 11.5 Å². The summed E-state index contributed by atoms with van der Waals surface area (Å²) in [5, 5.41) is 16.0. The van der Waals surface area contributed by atoms with Crippen LogP contribution < -0.4 is 45.5 Å². The van der Waals surface area contributed by atoms with Crippen LogP contribution in [0.2, 0.25) is 5.02 Å². The van der Waals surface area contributed by atoms with E-state index >= 15 is 17.6 Å². The van der Waals surface area contributed by atoms with Crippen LogP contribution in [0.1, 0.15) is 122 Å². The Morgan fingerprint density at radius 1 is 0.919 bits per heavy atom. The first kappa shape index (κ1) is 52.1. The SMILES string of the molecule is C[C@H]1c2c(cc(F)c(Cl)c2-c2c(C(N)=O)ccc(OCCO)c2F)O[C@]1([I-]NC1CCC(C(=O)N2CCC(N3CCC(c4c(F)cc5c(C6CCC(=O)NC6=O)nn(C)c5c4F)CC3)CC2)CC1)c1ccccc1. The number of aliphatic hydroxyl groups is 1. The van der Waals surface area contributed by atoms with Gasteiger partial charge < -0.3 is 0 Å². The van der Waals surface area contributed by atoms with Gasteiger partial charge in [0, 0.05) is 24.4 Å². The molecule has 4 fully saturated rings. The number of carbonyl (C=O) groups excluding carboxylic acids is 4. The number of ether oxygens (including phenoxy) is 2. The topological polar surface area (TPSA) is 181 Å². The van der Waals surface area contributed by atoms with Crippen molar-refractivity contribution in [3.63, 3.8) is 0 Å². The predicted molar refractivity (Wildman–Crippen MR) is 263 cm³/mol. The average molecular weight is 1160 g/mol. The van der Waals surface area contributed by atoms with Gasteiger partial charge in [0.15, 0.2) is 5.82 Å². The molecule has 1 saturated carbocycles. The number of carbonyl (C=O) groups is 4. The first-order chi connectivity index (χ1) is 35.6. The van der Waals surface area contributed by atoms with Crippen LogP contribution in [-0.2, 0) is 25.0 Å². The Balaban J connectivity index is 0.758. The summed E-state index contributed by atoms with van der Waals surface area (Å²) in [6.07, 6.45) is 6.02. The summed E-state index contributed by atoms with van der Waals surface area (Å²) >= 11 is 5.59. The standard InChI is InChI=1S/C54H58ClF4IN7O7/c1-28-42-40(27-38(57)46(55)45(42)44-34(51(61)70)12-14-39(47(44)58)73-25-24-68)74-54(28,31-6-4-3-5-7-31)60-63-32-10-8-30(9-11-32)53(72)67-22-18-33(19-23-67)66-20-16-29(17-21-66)43-37(56)26-36-49(64-65(2)50(36)48(43)59)35-13-15-41(69)62-52(35)71/h3-7,12,14,26-30,32-33,35,63,68H,8-11,13,15-25H2,1-2H3,(H2,61,70)(H,62,69,71)/q-1/t28-,30?,32?,35?,54-/m0/s1. The number of fused-ring (bicyclic) bond motifs is 2. The van der Waals surface area contributed by atoms with E-state index in [0.29, 0.717) is 57.4 Å². The Morgan fingerprint density at radius 3 is 2.31 bits per heavy atom. The Bertz CT molecular complexity index is 3020. The molecule has 5 aliphatic rings. The van der Waals surface area contributed by atoms with Crippen molar-refractivity contribution in [2.45, 2.75) is 105 Å². The third-order valence-electron chi connectivity index (χ3n) is 15.9. The molecule has 0 radical (unpaired) electrons. The van der Waals surface area contributed by atoms with Crippen molar-refractivity contribution in [2.24, 2.45) is 18.7 Å². The maximum atomic E-state index is 16.5. The van der Waals surface area contributed by atoms with E-state index in [9.17, 15) is 24.3 Å². The summed E-state index contributed by atoms with van der Waals surface area (Å²) in [5.41, 5.74) is 6.87. The van der Waals surface area contributed by atoms with E-state index in [2.05, 4.69) is 18.8 Å². The minimum atomic E-state index is -1.13. The monoisotopic (exact) mass is 1150 g/mol. The number of amides is 4. The number of aliphatic hydroxyl groups excluding tert-OH is 1. The van der Waals surface area contributed by atoms with Gasteiger partial charge in [-0.05, 0) is 31.2 Å². The van der Waals surface area contributed by atoms with Gasteiger partial charge in [-0.1, -0.05) is 0 Å². The van der Waals surface area contributed by atoms with Gasteiger partial charge in [-0.25, -0.2) is 8.78 Å². The number of piperidine rings is 3. The second kappa shape index (κ2) is 21.3. The van der Waals surface area contributed by atoms with Gasteiger partial charge in [0.2, 0.25) is 11.8 Å². The van der Waals surface area contributed by atoms with Crippen molar-refractivity contribution in [3.8, 4) is 22.6 Å². The van der Waals surface area contributed by atoms with E-state index < -0.39 is 83.6 Å². The van der Waals surface area contributed by atoms with Crippen LogP contribution in [0.15, 0.2) is 54.6 Å². The molecule has 5 aromatic rings. The van der Waals surface area contributed by atoms with E-state index in [-0.39, 0.29) is 106 Å². The number of hydrogen-bond donors (Lipinski definition) is 4. The number of aromatic nitrogens is 2. The van der Waals surface area contributed by atoms with Gasteiger partial charge in [0.05, 0.1) is 11.6 Å². The van der Waals surface area contributed by atoms with Crippen molar-refractivity contribution in [1.82, 2.24) is 28.4 Å². The number of rotatable bonds is 13. The fourth-order valence-electron chi connectivity index (χ4n) is 12.1. The molecule has 0 spiro atoms. The third kappa shape index (κ3) is 9.53. The van der Waals surface area contributed by atoms with E-state index in [0.717, 1.165) is 31.2 Å². The maximum absolute atomic E-state index is 16.5. The van der Waals surface area contributed by atoms with Gasteiger partial charge in [-0.15, -0.1) is 0 Å². The van der Waals surface area contributed by atoms with Crippen LogP contribution in [0.4, 0.5) is 17.6 Å². The zero-order chi connectivity index (χ0) is 52.2. The Hall–Kier alpha value is -5.35. The second-order valence-corrected chi connectivity index (χ2v) is 23.3. The molecule has 10 rings (SSSR count). The molecule has 4 amide bonds. The number of alkyl halides is 1. The average Bonchev–Trinajstić information content (AvgIpc) is 3.88. The summed E-state index contributed by atoms with van der Waals surface area (Å²) in [7, 11) is 1.58. The van der Waals surface area contributed by atoms with Crippen molar-refractivity contribution in [2.75, 3.05) is 39.4 Å². The Morgan fingerprint density at radius 2 is 1.64 bits per heavy atom. The zero-order valence-corrected chi connectivity index (χ0v) is 43.9. The summed E-state index contributed by atoms with van der Waals surface area (Å²) in [6.45, 7) is 3.91. The van der Waals surface area contributed by atoms with E-state index in [4.69, 9.17) is 26.8 Å². The van der Waals surface area contributed by atoms with Gasteiger partial charge in [-0.3, -0.25) is 19.6 Å². The molecule has 5 N–H and O–H groups in total. The number of primary amides is 1. The van der Waals surface area contributed by atoms with Gasteiger partial charge in [-0.2, -0.15) is 5.10 Å². The molecule has 0 bridgehead atoms. The van der Waals surface area contributed by atoms with Crippen molar-refractivity contribution >= 4 is 46.1 Å². The van der Waals surface area contributed by atoms with Crippen molar-refractivity contribution in [1.29, 1.82) is 0 Å². The molecule has 5 heterocycles. The quantitative estimate of drug-likeness (QED) is 0.0420. The van der Waals surface area contributed by atoms with Crippen molar-refractivity contribution in [3.05, 3.63) is 111 Å². The molecule has 1 aromatic heterocycles. The molecular weight excluding hydrogens is 1100 g/mol. The number of hydrogen-bond acceptors (Lipinski definition) is 10. The van der Waals surface area contributed by atoms with Gasteiger partial charge >= 0.3 is 314 Å². The number of nitrogens with two attached hydrogens (primary N) is 1.